The van der Waals surface area contributed by atoms with Crippen molar-refractivity contribution >= 4 is 11.6 Å². The molecule has 0 unspecified atom stereocenters. The monoisotopic (exact) mass is 222 g/mol. The molecule has 1 aromatic rings. The lowest BCUT2D eigenvalue weighted by atomic mass is 10.1. The van der Waals surface area contributed by atoms with Crippen LogP contribution in [-0.4, -0.2) is 10.1 Å². The Hall–Kier alpha value is -0.780. The maximum Gasteiger partial charge on any atom is 0.280 e. The van der Waals surface area contributed by atoms with Gasteiger partial charge in [-0.25, -0.2) is 8.78 Å². The van der Waals surface area contributed by atoms with Gasteiger partial charge in [0, 0.05) is 23.9 Å². The van der Waals surface area contributed by atoms with Crippen molar-refractivity contribution in [1.29, 1.82) is 0 Å². The molecule has 0 radical (unpaired) electrons. The molecule has 0 bridgehead atoms. The van der Waals surface area contributed by atoms with E-state index in [4.69, 9.17) is 22.4 Å². The molecule has 0 aliphatic carbocycles. The van der Waals surface area contributed by atoms with Gasteiger partial charge in [0.15, 0.2) is 0 Å². The van der Waals surface area contributed by atoms with Crippen molar-refractivity contribution in [2.45, 2.75) is 19.6 Å². The standard InChI is InChI=1S/C8H9ClF2N2O/c9-6-4(3-14)2-13-7(8(10)11)5(6)1-12/h2,8,14H,1,3,12H2. The Labute approximate surface area is 84.5 Å². The molecule has 0 aliphatic heterocycles. The number of hydrogen-bond donors (Lipinski definition) is 2. The van der Waals surface area contributed by atoms with E-state index >= 15 is 0 Å². The summed E-state index contributed by atoms with van der Waals surface area (Å²) in [5, 5.41) is 8.88. The molecular formula is C8H9ClF2N2O. The van der Waals surface area contributed by atoms with Gasteiger partial charge in [0.2, 0.25) is 0 Å². The number of alkyl halides is 2. The molecular weight excluding hydrogens is 214 g/mol. The number of nitrogens with zero attached hydrogens (tertiary/aromatic N) is 1. The quantitative estimate of drug-likeness (QED) is 0.817. The minimum absolute atomic E-state index is 0.0697. The summed E-state index contributed by atoms with van der Waals surface area (Å²) in [7, 11) is 0. The van der Waals surface area contributed by atoms with Crippen molar-refractivity contribution in [1.82, 2.24) is 4.98 Å². The van der Waals surface area contributed by atoms with E-state index in [2.05, 4.69) is 4.98 Å². The zero-order valence-electron chi connectivity index (χ0n) is 7.17. The smallest absolute Gasteiger partial charge is 0.280 e. The third kappa shape index (κ3) is 2.00. The predicted octanol–water partition coefficient (Wildman–Crippen LogP) is 1.62. The summed E-state index contributed by atoms with van der Waals surface area (Å²) in [6.45, 7) is -0.471. The fourth-order valence-electron chi connectivity index (χ4n) is 1.08. The fourth-order valence-corrected chi connectivity index (χ4v) is 1.36. The summed E-state index contributed by atoms with van der Waals surface area (Å²) in [4.78, 5) is 3.51. The SMILES string of the molecule is NCc1c(C(F)F)ncc(CO)c1Cl. The van der Waals surface area contributed by atoms with E-state index in [9.17, 15) is 8.78 Å². The average molecular weight is 223 g/mol. The first-order chi connectivity index (χ1) is 6.61. The van der Waals surface area contributed by atoms with E-state index < -0.39 is 12.1 Å². The lowest BCUT2D eigenvalue weighted by molar-refractivity contribution is 0.144. The number of nitrogens with two attached hydrogens (primary N) is 1. The molecule has 0 aromatic carbocycles. The van der Waals surface area contributed by atoms with Crippen molar-refractivity contribution in [2.75, 3.05) is 0 Å². The van der Waals surface area contributed by atoms with Gasteiger partial charge < -0.3 is 10.8 Å². The molecule has 3 nitrogen and oxygen atoms in total. The Kier molecular flexibility index (Phi) is 3.74. The second-order valence-corrected chi connectivity index (χ2v) is 3.00. The second-order valence-electron chi connectivity index (χ2n) is 2.62. The zero-order valence-corrected chi connectivity index (χ0v) is 7.93. The third-order valence-corrected chi connectivity index (χ3v) is 2.27. The van der Waals surface area contributed by atoms with Crippen LogP contribution in [0.4, 0.5) is 8.78 Å². The molecule has 1 rings (SSSR count). The maximum atomic E-state index is 12.4. The normalized spacial score (nSPS) is 11.0. The summed E-state index contributed by atoms with van der Waals surface area (Å²) in [6.07, 6.45) is -1.58. The summed E-state index contributed by atoms with van der Waals surface area (Å²) in [5.74, 6) is 0. The van der Waals surface area contributed by atoms with Crippen LogP contribution in [0.1, 0.15) is 23.2 Å². The number of aromatic nitrogens is 1. The van der Waals surface area contributed by atoms with E-state index in [1.54, 1.807) is 0 Å². The fraction of sp³-hybridized carbons (Fsp3) is 0.375. The molecule has 0 fully saturated rings. The van der Waals surface area contributed by atoms with Gasteiger partial charge in [0.25, 0.3) is 6.43 Å². The Bertz CT molecular complexity index is 333. The Morgan fingerprint density at radius 2 is 2.21 bits per heavy atom. The molecule has 78 valence electrons. The van der Waals surface area contributed by atoms with Crippen molar-refractivity contribution in [3.05, 3.63) is 28.0 Å². The molecule has 14 heavy (non-hydrogen) atoms. The molecule has 1 heterocycles. The van der Waals surface area contributed by atoms with Crippen LogP contribution in [0.5, 0.6) is 0 Å². The molecule has 0 saturated heterocycles. The lowest BCUT2D eigenvalue weighted by Crippen LogP contribution is -2.07. The van der Waals surface area contributed by atoms with Gasteiger partial charge in [0.1, 0.15) is 5.69 Å². The molecule has 0 aliphatic rings. The van der Waals surface area contributed by atoms with Gasteiger partial charge in [-0.1, -0.05) is 11.6 Å². The molecule has 3 N–H and O–H groups in total. The summed E-state index contributed by atoms with van der Waals surface area (Å²) >= 11 is 5.74. The highest BCUT2D eigenvalue weighted by atomic mass is 35.5. The number of halogens is 3. The van der Waals surface area contributed by atoms with E-state index in [0.717, 1.165) is 6.20 Å². The number of aliphatic hydroxyl groups excluding tert-OH is 1. The lowest BCUT2D eigenvalue weighted by Gasteiger charge is -2.10. The molecule has 0 amide bonds. The summed E-state index contributed by atoms with van der Waals surface area (Å²) < 4.78 is 24.8. The van der Waals surface area contributed by atoms with Crippen LogP contribution in [-0.2, 0) is 13.2 Å². The number of aliphatic hydroxyl groups is 1. The van der Waals surface area contributed by atoms with Gasteiger partial charge in [-0.3, -0.25) is 4.98 Å². The van der Waals surface area contributed by atoms with Crippen molar-refractivity contribution < 1.29 is 13.9 Å². The Morgan fingerprint density at radius 1 is 1.57 bits per heavy atom. The highest BCUT2D eigenvalue weighted by Crippen LogP contribution is 2.28. The van der Waals surface area contributed by atoms with E-state index in [0.29, 0.717) is 5.56 Å². The zero-order chi connectivity index (χ0) is 10.7. The molecule has 0 saturated carbocycles. The summed E-state index contributed by atoms with van der Waals surface area (Å²) in [6, 6.07) is 0. The van der Waals surface area contributed by atoms with Gasteiger partial charge >= 0.3 is 0 Å². The van der Waals surface area contributed by atoms with E-state index in [-0.39, 0.29) is 23.7 Å². The van der Waals surface area contributed by atoms with Crippen LogP contribution < -0.4 is 5.73 Å². The summed E-state index contributed by atoms with van der Waals surface area (Å²) in [5.41, 5.74) is 5.25. The minimum Gasteiger partial charge on any atom is -0.392 e. The van der Waals surface area contributed by atoms with Crippen LogP contribution in [0.15, 0.2) is 6.20 Å². The molecule has 0 spiro atoms. The third-order valence-electron chi connectivity index (χ3n) is 1.80. The molecule has 1 aromatic heterocycles. The Balaban J connectivity index is 3.28. The highest BCUT2D eigenvalue weighted by molar-refractivity contribution is 6.32. The van der Waals surface area contributed by atoms with Gasteiger partial charge in [0.05, 0.1) is 11.6 Å². The van der Waals surface area contributed by atoms with Crippen LogP contribution >= 0.6 is 11.6 Å². The number of pyridine rings is 1. The molecule has 0 atom stereocenters. The highest BCUT2D eigenvalue weighted by Gasteiger charge is 2.18. The van der Waals surface area contributed by atoms with Gasteiger partial charge in [-0.15, -0.1) is 0 Å². The first-order valence-corrected chi connectivity index (χ1v) is 4.24. The second kappa shape index (κ2) is 4.63. The van der Waals surface area contributed by atoms with Crippen LogP contribution in [0.2, 0.25) is 5.02 Å². The average Bonchev–Trinajstić information content (AvgIpc) is 2.17. The van der Waals surface area contributed by atoms with Crippen LogP contribution in [0.25, 0.3) is 0 Å². The minimum atomic E-state index is -2.71. The Morgan fingerprint density at radius 3 is 2.64 bits per heavy atom. The van der Waals surface area contributed by atoms with Gasteiger partial charge in [-0.2, -0.15) is 0 Å². The first-order valence-electron chi connectivity index (χ1n) is 3.87. The number of rotatable bonds is 3. The predicted molar refractivity (Wildman–Crippen MR) is 48.0 cm³/mol. The van der Waals surface area contributed by atoms with Crippen molar-refractivity contribution in [3.63, 3.8) is 0 Å². The van der Waals surface area contributed by atoms with Crippen molar-refractivity contribution in [3.8, 4) is 0 Å². The maximum absolute atomic E-state index is 12.4. The van der Waals surface area contributed by atoms with E-state index in [1.165, 1.54) is 0 Å². The molecule has 6 heteroatoms. The van der Waals surface area contributed by atoms with Gasteiger partial charge in [-0.05, 0) is 0 Å². The first kappa shape index (κ1) is 11.3. The van der Waals surface area contributed by atoms with Crippen LogP contribution in [0, 0.1) is 0 Å². The topological polar surface area (TPSA) is 59.1 Å². The van der Waals surface area contributed by atoms with Crippen molar-refractivity contribution in [2.24, 2.45) is 5.73 Å². The van der Waals surface area contributed by atoms with E-state index in [1.807, 2.05) is 0 Å². The largest absolute Gasteiger partial charge is 0.392 e. The van der Waals surface area contributed by atoms with Crippen LogP contribution in [0.3, 0.4) is 0 Å². The number of hydrogen-bond acceptors (Lipinski definition) is 3.